The minimum absolute atomic E-state index is 1.13. The smallest absolute Gasteiger partial charge is 0.0912 e. The van der Waals surface area contributed by atoms with Gasteiger partial charge in [0.2, 0.25) is 0 Å². The molecule has 13 heavy (non-hydrogen) atoms. The van der Waals surface area contributed by atoms with Crippen LogP contribution in [0.3, 0.4) is 0 Å². The van der Waals surface area contributed by atoms with Gasteiger partial charge in [0.25, 0.3) is 0 Å². The molecule has 0 atom stereocenters. The quantitative estimate of drug-likeness (QED) is 0.473. The largest absolute Gasteiger partial charge is 0.193 e. The fourth-order valence-corrected chi connectivity index (χ4v) is 0.691. The molecule has 1 heteroatoms. The Hall–Kier alpha value is -1.55. The number of allylic oxidation sites excluding steroid dienone is 8. The van der Waals surface area contributed by atoms with Gasteiger partial charge in [-0.15, -0.1) is 0 Å². The molecule has 0 saturated heterocycles. The van der Waals surface area contributed by atoms with Crippen LogP contribution in [0.4, 0.5) is 0 Å². The molecule has 0 heterocycles. The van der Waals surface area contributed by atoms with E-state index in [1.165, 1.54) is 11.6 Å². The summed E-state index contributed by atoms with van der Waals surface area (Å²) in [5.41, 5.74) is 2.40. The molecule has 68 valence electrons. The molecule has 0 radical (unpaired) electrons. The first-order chi connectivity index (χ1) is 6.16. The van der Waals surface area contributed by atoms with Crippen molar-refractivity contribution in [3.05, 3.63) is 47.6 Å². The Kier molecular flexibility index (Phi) is 6.27. The second kappa shape index (κ2) is 7.12. The molecule has 0 aromatic rings. The van der Waals surface area contributed by atoms with E-state index in [0.29, 0.717) is 0 Å². The van der Waals surface area contributed by atoms with E-state index in [4.69, 9.17) is 5.26 Å². The van der Waals surface area contributed by atoms with Crippen molar-refractivity contribution in [3.8, 4) is 6.07 Å². The van der Waals surface area contributed by atoms with Gasteiger partial charge in [-0.25, -0.2) is 0 Å². The third kappa shape index (κ3) is 8.36. The SMILES string of the molecule is CC(C)=C/C=C/C(C)=C/C=C/C#N. The number of rotatable bonds is 3. The monoisotopic (exact) mass is 173 g/mol. The maximum Gasteiger partial charge on any atom is 0.0912 e. The van der Waals surface area contributed by atoms with Crippen LogP contribution in [0, 0.1) is 11.3 Å². The Bertz CT molecular complexity index is 292. The summed E-state index contributed by atoms with van der Waals surface area (Å²) in [5.74, 6) is 0. The lowest BCUT2D eigenvalue weighted by molar-refractivity contribution is 1.39. The molecule has 0 saturated carbocycles. The van der Waals surface area contributed by atoms with Crippen molar-refractivity contribution < 1.29 is 0 Å². The third-order valence-corrected chi connectivity index (χ3v) is 1.32. The maximum atomic E-state index is 8.23. The molecule has 0 bridgehead atoms. The fourth-order valence-electron chi connectivity index (χ4n) is 0.691. The van der Waals surface area contributed by atoms with Crippen molar-refractivity contribution >= 4 is 0 Å². The fraction of sp³-hybridized carbons (Fsp3) is 0.250. The summed E-state index contributed by atoms with van der Waals surface area (Å²) in [7, 11) is 0. The third-order valence-electron chi connectivity index (χ3n) is 1.32. The first-order valence-corrected chi connectivity index (χ1v) is 4.21. The normalized spacial score (nSPS) is 12.0. The van der Waals surface area contributed by atoms with Crippen molar-refractivity contribution in [2.75, 3.05) is 0 Å². The maximum absolute atomic E-state index is 8.23. The summed E-state index contributed by atoms with van der Waals surface area (Å²) in [4.78, 5) is 0. The molecular formula is C12H15N. The van der Waals surface area contributed by atoms with E-state index in [0.717, 1.165) is 5.57 Å². The average Bonchev–Trinajstić information content (AvgIpc) is 2.04. The summed E-state index contributed by atoms with van der Waals surface area (Å²) in [6.07, 6.45) is 11.2. The van der Waals surface area contributed by atoms with Gasteiger partial charge in [-0.3, -0.25) is 0 Å². The number of nitrogens with zero attached hydrogens (tertiary/aromatic N) is 1. The van der Waals surface area contributed by atoms with Gasteiger partial charge in [-0.2, -0.15) is 5.26 Å². The van der Waals surface area contributed by atoms with Gasteiger partial charge in [-0.05, 0) is 20.8 Å². The Morgan fingerprint density at radius 1 is 1.08 bits per heavy atom. The number of hydrogen-bond acceptors (Lipinski definition) is 1. The average molecular weight is 173 g/mol. The molecule has 0 amide bonds. The second-order valence-corrected chi connectivity index (χ2v) is 3.00. The number of nitriles is 1. The van der Waals surface area contributed by atoms with E-state index in [-0.39, 0.29) is 0 Å². The zero-order chi connectivity index (χ0) is 10.1. The first-order valence-electron chi connectivity index (χ1n) is 4.21. The highest BCUT2D eigenvalue weighted by Crippen LogP contribution is 1.97. The molecule has 0 N–H and O–H groups in total. The minimum Gasteiger partial charge on any atom is -0.193 e. The van der Waals surface area contributed by atoms with Crippen molar-refractivity contribution in [2.45, 2.75) is 20.8 Å². The first kappa shape index (κ1) is 11.4. The number of hydrogen-bond donors (Lipinski definition) is 0. The van der Waals surface area contributed by atoms with Crippen molar-refractivity contribution in [3.63, 3.8) is 0 Å². The van der Waals surface area contributed by atoms with E-state index in [9.17, 15) is 0 Å². The van der Waals surface area contributed by atoms with Gasteiger partial charge in [0.1, 0.15) is 0 Å². The Labute approximate surface area is 80.4 Å². The summed E-state index contributed by atoms with van der Waals surface area (Å²) in [6, 6.07) is 1.94. The van der Waals surface area contributed by atoms with E-state index >= 15 is 0 Å². The van der Waals surface area contributed by atoms with E-state index < -0.39 is 0 Å². The zero-order valence-electron chi connectivity index (χ0n) is 8.41. The predicted molar refractivity (Wildman–Crippen MR) is 57.1 cm³/mol. The Balaban J connectivity index is 4.15. The zero-order valence-corrected chi connectivity index (χ0v) is 8.41. The molecule has 0 aliphatic rings. The Morgan fingerprint density at radius 2 is 1.77 bits per heavy atom. The second-order valence-electron chi connectivity index (χ2n) is 3.00. The lowest BCUT2D eigenvalue weighted by Crippen LogP contribution is -1.66. The molecule has 0 aliphatic carbocycles. The standard InChI is InChI=1S/C12H15N/c1-11(2)7-6-9-12(3)8-4-5-10-13/h4-9H,1-3H3/b5-4+,9-6+,12-8+. The van der Waals surface area contributed by atoms with E-state index in [1.807, 2.05) is 37.3 Å². The van der Waals surface area contributed by atoms with E-state index in [1.54, 1.807) is 6.08 Å². The van der Waals surface area contributed by atoms with Gasteiger partial charge in [-0.1, -0.05) is 41.5 Å². The lowest BCUT2D eigenvalue weighted by atomic mass is 10.2. The van der Waals surface area contributed by atoms with Crippen molar-refractivity contribution in [1.82, 2.24) is 0 Å². The van der Waals surface area contributed by atoms with E-state index in [2.05, 4.69) is 13.8 Å². The van der Waals surface area contributed by atoms with Gasteiger partial charge in [0, 0.05) is 6.08 Å². The molecule has 0 fully saturated rings. The van der Waals surface area contributed by atoms with Gasteiger partial charge in [0.05, 0.1) is 6.07 Å². The van der Waals surface area contributed by atoms with Gasteiger partial charge in [0.15, 0.2) is 0 Å². The highest BCUT2D eigenvalue weighted by Gasteiger charge is 1.76. The summed E-state index contributed by atoms with van der Waals surface area (Å²) >= 11 is 0. The van der Waals surface area contributed by atoms with Crippen LogP contribution >= 0.6 is 0 Å². The highest BCUT2D eigenvalue weighted by atomic mass is 14.2. The van der Waals surface area contributed by atoms with Crippen LogP contribution < -0.4 is 0 Å². The molecule has 0 spiro atoms. The molecule has 0 aromatic carbocycles. The predicted octanol–water partition coefficient (Wildman–Crippen LogP) is 3.53. The molecule has 0 unspecified atom stereocenters. The lowest BCUT2D eigenvalue weighted by Gasteiger charge is -1.86. The van der Waals surface area contributed by atoms with Gasteiger partial charge >= 0.3 is 0 Å². The van der Waals surface area contributed by atoms with Gasteiger partial charge < -0.3 is 0 Å². The summed E-state index contributed by atoms with van der Waals surface area (Å²) in [5, 5.41) is 8.23. The molecule has 0 aliphatic heterocycles. The Morgan fingerprint density at radius 3 is 2.31 bits per heavy atom. The molecular weight excluding hydrogens is 158 g/mol. The van der Waals surface area contributed by atoms with Crippen LogP contribution in [-0.4, -0.2) is 0 Å². The highest BCUT2D eigenvalue weighted by molar-refractivity contribution is 5.26. The molecule has 0 rings (SSSR count). The van der Waals surface area contributed by atoms with Crippen LogP contribution in [0.1, 0.15) is 20.8 Å². The van der Waals surface area contributed by atoms with Crippen LogP contribution in [0.15, 0.2) is 47.6 Å². The molecule has 0 aromatic heterocycles. The summed E-state index contributed by atoms with van der Waals surface area (Å²) in [6.45, 7) is 6.11. The van der Waals surface area contributed by atoms with Crippen LogP contribution in [0.2, 0.25) is 0 Å². The summed E-state index contributed by atoms with van der Waals surface area (Å²) < 4.78 is 0. The van der Waals surface area contributed by atoms with Crippen molar-refractivity contribution in [1.29, 1.82) is 5.26 Å². The topological polar surface area (TPSA) is 23.8 Å². The minimum atomic E-state index is 1.13. The van der Waals surface area contributed by atoms with Crippen LogP contribution in [-0.2, 0) is 0 Å². The van der Waals surface area contributed by atoms with Crippen molar-refractivity contribution in [2.24, 2.45) is 0 Å². The molecule has 1 nitrogen and oxygen atoms in total. The van der Waals surface area contributed by atoms with Crippen LogP contribution in [0.5, 0.6) is 0 Å². The van der Waals surface area contributed by atoms with Crippen LogP contribution in [0.25, 0.3) is 0 Å².